The summed E-state index contributed by atoms with van der Waals surface area (Å²) in [6.07, 6.45) is 7.73. The molecule has 2 heterocycles. The zero-order valence-corrected chi connectivity index (χ0v) is 14.0. The van der Waals surface area contributed by atoms with E-state index in [1.807, 2.05) is 17.0 Å². The van der Waals surface area contributed by atoms with Gasteiger partial charge in [-0.1, -0.05) is 35.5 Å². The fourth-order valence-electron chi connectivity index (χ4n) is 3.64. The second kappa shape index (κ2) is 6.80. The van der Waals surface area contributed by atoms with Crippen LogP contribution in [0, 0.1) is 0 Å². The lowest BCUT2D eigenvalue weighted by Gasteiger charge is -2.35. The average molecular weight is 324 g/mol. The Morgan fingerprint density at radius 1 is 1.17 bits per heavy atom. The number of carbonyl (C=O) groups excluding carboxylic acids is 1. The van der Waals surface area contributed by atoms with Crippen molar-refractivity contribution in [2.75, 3.05) is 6.54 Å². The molecule has 4 nitrogen and oxygen atoms in total. The molecule has 0 unspecified atom stereocenters. The number of nitrogens with zero attached hydrogens (tertiary/aromatic N) is 2. The third-order valence-corrected chi connectivity index (χ3v) is 5.22. The molecule has 2 aromatic rings. The lowest BCUT2D eigenvalue weighted by molar-refractivity contribution is 0.0591. The number of amides is 1. The first-order chi connectivity index (χ1) is 11.8. The summed E-state index contributed by atoms with van der Waals surface area (Å²) in [5, 5.41) is 4.04. The van der Waals surface area contributed by atoms with Crippen LogP contribution in [0.5, 0.6) is 0 Å². The first-order valence-electron chi connectivity index (χ1n) is 9.13. The summed E-state index contributed by atoms with van der Waals surface area (Å²) < 4.78 is 5.37. The van der Waals surface area contributed by atoms with Gasteiger partial charge in [-0.25, -0.2) is 0 Å². The Morgan fingerprint density at radius 3 is 2.79 bits per heavy atom. The summed E-state index contributed by atoms with van der Waals surface area (Å²) >= 11 is 0. The highest BCUT2D eigenvalue weighted by atomic mass is 16.5. The third-order valence-electron chi connectivity index (χ3n) is 5.22. The predicted molar refractivity (Wildman–Crippen MR) is 91.9 cm³/mol. The van der Waals surface area contributed by atoms with Crippen LogP contribution in [0.3, 0.4) is 0 Å². The molecule has 1 amide bonds. The highest BCUT2D eigenvalue weighted by Crippen LogP contribution is 2.40. The van der Waals surface area contributed by atoms with Gasteiger partial charge in [0.25, 0.3) is 5.91 Å². The molecule has 0 spiro atoms. The summed E-state index contributed by atoms with van der Waals surface area (Å²) in [6.45, 7) is 0.837. The van der Waals surface area contributed by atoms with Gasteiger partial charge < -0.3 is 9.42 Å². The van der Waals surface area contributed by atoms with Crippen molar-refractivity contribution in [3.05, 3.63) is 53.4 Å². The number of hydrogen-bond acceptors (Lipinski definition) is 3. The minimum atomic E-state index is 0.0448. The summed E-state index contributed by atoms with van der Waals surface area (Å²) in [5.74, 6) is 1.42. The lowest BCUT2D eigenvalue weighted by Crippen LogP contribution is -2.44. The summed E-state index contributed by atoms with van der Waals surface area (Å²) in [6, 6.07) is 12.7. The molecule has 24 heavy (non-hydrogen) atoms. The van der Waals surface area contributed by atoms with Crippen molar-refractivity contribution in [3.63, 3.8) is 0 Å². The molecule has 126 valence electrons. The Morgan fingerprint density at radius 2 is 2.00 bits per heavy atom. The molecule has 0 bridgehead atoms. The van der Waals surface area contributed by atoms with Gasteiger partial charge in [-0.05, 0) is 50.5 Å². The van der Waals surface area contributed by atoms with E-state index in [0.29, 0.717) is 17.7 Å². The Hall–Kier alpha value is -2.10. The number of aromatic nitrogens is 1. The van der Waals surface area contributed by atoms with Gasteiger partial charge >= 0.3 is 0 Å². The standard InChI is InChI=1S/C20H24N2O2/c23-20(18-14-19(24-21-18)16-10-11-16)22-13-5-4-8-17(22)12-9-15-6-2-1-3-7-15/h1-3,6-7,14,16-17H,4-5,8-13H2/t17-/m0/s1. The largest absolute Gasteiger partial charge is 0.360 e. The van der Waals surface area contributed by atoms with E-state index in [-0.39, 0.29) is 5.91 Å². The zero-order valence-electron chi connectivity index (χ0n) is 14.0. The van der Waals surface area contributed by atoms with Crippen molar-refractivity contribution in [3.8, 4) is 0 Å². The maximum absolute atomic E-state index is 12.9. The van der Waals surface area contributed by atoms with Gasteiger partial charge in [0.2, 0.25) is 0 Å². The molecule has 2 aliphatic rings. The Labute approximate surface area is 142 Å². The quantitative estimate of drug-likeness (QED) is 0.829. The van der Waals surface area contributed by atoms with Crippen LogP contribution in [-0.4, -0.2) is 28.6 Å². The number of hydrogen-bond donors (Lipinski definition) is 0. The summed E-state index contributed by atoms with van der Waals surface area (Å²) in [5.41, 5.74) is 1.83. The molecular formula is C20H24N2O2. The lowest BCUT2D eigenvalue weighted by atomic mass is 9.95. The van der Waals surface area contributed by atoms with Gasteiger partial charge in [-0.3, -0.25) is 4.79 Å². The second-order valence-electron chi connectivity index (χ2n) is 7.06. The van der Waals surface area contributed by atoms with Gasteiger partial charge in [0, 0.05) is 24.6 Å². The molecule has 4 heteroatoms. The van der Waals surface area contributed by atoms with E-state index < -0.39 is 0 Å². The molecule has 0 N–H and O–H groups in total. The van der Waals surface area contributed by atoms with Crippen molar-refractivity contribution >= 4 is 5.91 Å². The molecule has 1 atom stereocenters. The molecule has 4 rings (SSSR count). The maximum atomic E-state index is 12.9. The van der Waals surface area contributed by atoms with E-state index >= 15 is 0 Å². The van der Waals surface area contributed by atoms with E-state index in [4.69, 9.17) is 4.52 Å². The summed E-state index contributed by atoms with van der Waals surface area (Å²) in [4.78, 5) is 14.9. The van der Waals surface area contributed by atoms with E-state index in [0.717, 1.165) is 50.8 Å². The van der Waals surface area contributed by atoms with Gasteiger partial charge in [0.05, 0.1) is 0 Å². The van der Waals surface area contributed by atoms with Crippen molar-refractivity contribution in [2.45, 2.75) is 56.9 Å². The second-order valence-corrected chi connectivity index (χ2v) is 7.06. The van der Waals surface area contributed by atoms with Crippen LogP contribution in [-0.2, 0) is 6.42 Å². The number of benzene rings is 1. The van der Waals surface area contributed by atoms with Gasteiger partial charge in [-0.2, -0.15) is 0 Å². The van der Waals surface area contributed by atoms with E-state index in [1.54, 1.807) is 0 Å². The van der Waals surface area contributed by atoms with E-state index in [9.17, 15) is 4.79 Å². The van der Waals surface area contributed by atoms with Crippen molar-refractivity contribution in [2.24, 2.45) is 0 Å². The first-order valence-corrected chi connectivity index (χ1v) is 9.13. The number of piperidine rings is 1. The van der Waals surface area contributed by atoms with Crippen LogP contribution < -0.4 is 0 Å². The molecule has 1 saturated heterocycles. The molecule has 2 fully saturated rings. The van der Waals surface area contributed by atoms with E-state index in [1.165, 1.54) is 12.0 Å². The predicted octanol–water partition coefficient (Wildman–Crippen LogP) is 4.18. The molecule has 1 saturated carbocycles. The number of rotatable bonds is 5. The Bertz CT molecular complexity index is 691. The van der Waals surface area contributed by atoms with Crippen molar-refractivity contribution in [1.82, 2.24) is 10.1 Å². The monoisotopic (exact) mass is 324 g/mol. The molecule has 1 aliphatic heterocycles. The number of likely N-dealkylation sites (tertiary alicyclic amines) is 1. The van der Waals surface area contributed by atoms with Crippen LogP contribution in [0.25, 0.3) is 0 Å². The average Bonchev–Trinajstić information content (AvgIpc) is 3.37. The number of carbonyl (C=O) groups is 1. The summed E-state index contributed by atoms with van der Waals surface area (Å²) in [7, 11) is 0. The van der Waals surface area contributed by atoms with Gasteiger partial charge in [0.15, 0.2) is 5.69 Å². The van der Waals surface area contributed by atoms with Crippen LogP contribution in [0.4, 0.5) is 0 Å². The van der Waals surface area contributed by atoms with Crippen molar-refractivity contribution < 1.29 is 9.32 Å². The minimum Gasteiger partial charge on any atom is -0.360 e. The van der Waals surface area contributed by atoms with E-state index in [2.05, 4.69) is 29.4 Å². The van der Waals surface area contributed by atoms with Gasteiger partial charge in [0.1, 0.15) is 5.76 Å². The molecular weight excluding hydrogens is 300 g/mol. The zero-order chi connectivity index (χ0) is 16.4. The molecule has 1 aromatic heterocycles. The van der Waals surface area contributed by atoms with Crippen LogP contribution in [0.2, 0.25) is 0 Å². The van der Waals surface area contributed by atoms with Crippen LogP contribution >= 0.6 is 0 Å². The molecule has 1 aliphatic carbocycles. The number of aryl methyl sites for hydroxylation is 1. The maximum Gasteiger partial charge on any atom is 0.276 e. The highest BCUT2D eigenvalue weighted by molar-refractivity contribution is 5.92. The van der Waals surface area contributed by atoms with Gasteiger partial charge in [-0.15, -0.1) is 0 Å². The normalized spacial score (nSPS) is 21.0. The van der Waals surface area contributed by atoms with Crippen LogP contribution in [0.15, 0.2) is 40.9 Å². The minimum absolute atomic E-state index is 0.0448. The third kappa shape index (κ3) is 3.37. The Kier molecular flexibility index (Phi) is 4.37. The fraction of sp³-hybridized carbons (Fsp3) is 0.500. The van der Waals surface area contributed by atoms with Crippen molar-refractivity contribution in [1.29, 1.82) is 0 Å². The fourth-order valence-corrected chi connectivity index (χ4v) is 3.64. The molecule has 1 aromatic carbocycles. The Balaban J connectivity index is 1.43. The smallest absolute Gasteiger partial charge is 0.276 e. The molecule has 0 radical (unpaired) electrons. The first kappa shape index (κ1) is 15.4. The topological polar surface area (TPSA) is 46.3 Å². The van der Waals surface area contributed by atoms with Crippen LogP contribution in [0.1, 0.15) is 66.3 Å². The SMILES string of the molecule is O=C(c1cc(C2CC2)on1)N1CCCC[C@H]1CCc1ccccc1. The highest BCUT2D eigenvalue weighted by Gasteiger charge is 2.32.